The summed E-state index contributed by atoms with van der Waals surface area (Å²) in [4.78, 5) is 13.0. The lowest BCUT2D eigenvalue weighted by atomic mass is 9.73. The van der Waals surface area contributed by atoms with Gasteiger partial charge in [-0.3, -0.25) is 4.79 Å². The zero-order valence-corrected chi connectivity index (χ0v) is 17.3. The number of rotatable bonds is 8. The van der Waals surface area contributed by atoms with Gasteiger partial charge in [0, 0.05) is 24.2 Å². The average Bonchev–Trinajstić information content (AvgIpc) is 2.72. The number of unbranched alkanes of at least 4 members (excludes halogenated alkanes) is 1. The third-order valence-electron chi connectivity index (χ3n) is 5.12. The monoisotopic (exact) mass is 449 g/mol. The lowest BCUT2D eigenvalue weighted by Gasteiger charge is -2.36. The predicted molar refractivity (Wildman–Crippen MR) is 110 cm³/mol. The Kier molecular flexibility index (Phi) is 7.45. The van der Waals surface area contributed by atoms with Gasteiger partial charge in [0.15, 0.2) is 0 Å². The number of carbonyl (C=O) groups excluding carboxylic acids is 1. The highest BCUT2D eigenvalue weighted by atomic mass is 79.9. The van der Waals surface area contributed by atoms with Crippen molar-refractivity contribution in [3.8, 4) is 5.75 Å². The smallest absolute Gasteiger partial charge is 0.230 e. The molecule has 0 bridgehead atoms. The van der Waals surface area contributed by atoms with E-state index in [1.54, 1.807) is 12.1 Å². The van der Waals surface area contributed by atoms with Crippen LogP contribution < -0.4 is 10.1 Å². The standard InChI is InChI=1S/C22H25BrFNO3/c23-18-5-3-17(4-6-18)22(11-15-27-16-12-22)21(26)25-13-1-2-14-28-20-9-7-19(24)8-10-20/h3-10H,1-2,11-16H2,(H,25,26). The van der Waals surface area contributed by atoms with Gasteiger partial charge in [0.1, 0.15) is 11.6 Å². The molecule has 1 aliphatic rings. The van der Waals surface area contributed by atoms with E-state index in [1.165, 1.54) is 12.1 Å². The molecule has 0 saturated carbocycles. The van der Waals surface area contributed by atoms with Crippen molar-refractivity contribution < 1.29 is 18.7 Å². The van der Waals surface area contributed by atoms with E-state index in [2.05, 4.69) is 21.2 Å². The number of benzene rings is 2. The van der Waals surface area contributed by atoms with Crippen LogP contribution in [-0.4, -0.2) is 32.3 Å². The number of hydrogen-bond acceptors (Lipinski definition) is 3. The molecule has 3 rings (SSSR count). The summed E-state index contributed by atoms with van der Waals surface area (Å²) < 4.78 is 25.0. The molecule has 28 heavy (non-hydrogen) atoms. The molecule has 1 saturated heterocycles. The molecule has 150 valence electrons. The van der Waals surface area contributed by atoms with Gasteiger partial charge in [-0.1, -0.05) is 28.1 Å². The highest BCUT2D eigenvalue weighted by molar-refractivity contribution is 9.10. The molecule has 6 heteroatoms. The topological polar surface area (TPSA) is 47.6 Å². The van der Waals surface area contributed by atoms with Crippen LogP contribution >= 0.6 is 15.9 Å². The van der Waals surface area contributed by atoms with Crippen LogP contribution in [0.5, 0.6) is 5.75 Å². The molecule has 1 N–H and O–H groups in total. The van der Waals surface area contributed by atoms with Crippen molar-refractivity contribution in [1.82, 2.24) is 5.32 Å². The van der Waals surface area contributed by atoms with E-state index in [-0.39, 0.29) is 11.7 Å². The summed E-state index contributed by atoms with van der Waals surface area (Å²) in [5.41, 5.74) is 0.514. The summed E-state index contributed by atoms with van der Waals surface area (Å²) in [5.74, 6) is 0.447. The Morgan fingerprint density at radius 2 is 1.75 bits per heavy atom. The summed E-state index contributed by atoms with van der Waals surface area (Å²) in [5, 5.41) is 3.10. The fourth-order valence-electron chi connectivity index (χ4n) is 3.45. The maximum Gasteiger partial charge on any atom is 0.230 e. The number of hydrogen-bond donors (Lipinski definition) is 1. The molecule has 4 nitrogen and oxygen atoms in total. The minimum atomic E-state index is -0.524. The van der Waals surface area contributed by atoms with Gasteiger partial charge in [-0.05, 0) is 67.6 Å². The highest BCUT2D eigenvalue weighted by Crippen LogP contribution is 2.35. The van der Waals surface area contributed by atoms with Crippen molar-refractivity contribution >= 4 is 21.8 Å². The highest BCUT2D eigenvalue weighted by Gasteiger charge is 2.41. The fourth-order valence-corrected chi connectivity index (χ4v) is 3.72. The second-order valence-electron chi connectivity index (χ2n) is 6.97. The molecule has 1 heterocycles. The van der Waals surface area contributed by atoms with E-state index < -0.39 is 5.41 Å². The van der Waals surface area contributed by atoms with Crippen molar-refractivity contribution in [2.75, 3.05) is 26.4 Å². The van der Waals surface area contributed by atoms with Crippen LogP contribution in [0.1, 0.15) is 31.2 Å². The average molecular weight is 450 g/mol. The van der Waals surface area contributed by atoms with Gasteiger partial charge in [0.25, 0.3) is 0 Å². The lowest BCUT2D eigenvalue weighted by molar-refractivity contribution is -0.130. The number of nitrogens with one attached hydrogen (secondary N) is 1. The van der Waals surface area contributed by atoms with Crippen molar-refractivity contribution in [2.45, 2.75) is 31.1 Å². The first-order valence-corrected chi connectivity index (χ1v) is 10.4. The molecule has 0 unspecified atom stereocenters. The Labute approximate surface area is 173 Å². The number of amides is 1. The SMILES string of the molecule is O=C(NCCCCOc1ccc(F)cc1)C1(c2ccc(Br)cc2)CCOCC1. The molecule has 2 aromatic carbocycles. The third-order valence-corrected chi connectivity index (χ3v) is 5.65. The first-order chi connectivity index (χ1) is 13.6. The molecular formula is C22H25BrFNO3. The van der Waals surface area contributed by atoms with Crippen molar-refractivity contribution in [3.05, 3.63) is 64.4 Å². The van der Waals surface area contributed by atoms with E-state index in [4.69, 9.17) is 9.47 Å². The third kappa shape index (κ3) is 5.32. The van der Waals surface area contributed by atoms with Gasteiger partial charge in [-0.2, -0.15) is 0 Å². The van der Waals surface area contributed by atoms with E-state index in [0.717, 1.165) is 22.9 Å². The zero-order valence-electron chi connectivity index (χ0n) is 15.8. The van der Waals surface area contributed by atoms with E-state index in [9.17, 15) is 9.18 Å². The number of ether oxygens (including phenoxy) is 2. The second kappa shape index (κ2) is 10.0. The molecule has 0 atom stereocenters. The van der Waals surface area contributed by atoms with E-state index in [1.807, 2.05) is 24.3 Å². The minimum absolute atomic E-state index is 0.0672. The van der Waals surface area contributed by atoms with Gasteiger partial charge in [0.2, 0.25) is 5.91 Å². The fraction of sp³-hybridized carbons (Fsp3) is 0.409. The molecule has 0 spiro atoms. The Morgan fingerprint density at radius 3 is 2.43 bits per heavy atom. The van der Waals surface area contributed by atoms with Gasteiger partial charge in [-0.15, -0.1) is 0 Å². The molecule has 1 amide bonds. The molecule has 0 radical (unpaired) electrons. The summed E-state index contributed by atoms with van der Waals surface area (Å²) in [6.07, 6.45) is 3.01. The van der Waals surface area contributed by atoms with Gasteiger partial charge < -0.3 is 14.8 Å². The van der Waals surface area contributed by atoms with Crippen molar-refractivity contribution in [2.24, 2.45) is 0 Å². The predicted octanol–water partition coefficient (Wildman–Crippen LogP) is 4.61. The van der Waals surface area contributed by atoms with Gasteiger partial charge in [0.05, 0.1) is 12.0 Å². The second-order valence-corrected chi connectivity index (χ2v) is 7.88. The van der Waals surface area contributed by atoms with Crippen LogP contribution in [0.2, 0.25) is 0 Å². The first kappa shape index (κ1) is 20.8. The van der Waals surface area contributed by atoms with Crippen LogP contribution in [0.25, 0.3) is 0 Å². The Hall–Kier alpha value is -1.92. The Morgan fingerprint density at radius 1 is 1.07 bits per heavy atom. The molecule has 0 aromatic heterocycles. The summed E-state index contributed by atoms with van der Waals surface area (Å²) in [7, 11) is 0. The molecular weight excluding hydrogens is 425 g/mol. The first-order valence-electron chi connectivity index (χ1n) is 9.61. The molecule has 2 aromatic rings. The maximum atomic E-state index is 13.0. The Balaban J connectivity index is 1.47. The van der Waals surface area contributed by atoms with E-state index in [0.29, 0.717) is 45.0 Å². The summed E-state index contributed by atoms with van der Waals surface area (Å²) in [6, 6.07) is 14.0. The van der Waals surface area contributed by atoms with E-state index >= 15 is 0 Å². The molecule has 0 aliphatic carbocycles. The normalized spacial score (nSPS) is 15.8. The van der Waals surface area contributed by atoms with Crippen LogP contribution in [0.3, 0.4) is 0 Å². The largest absolute Gasteiger partial charge is 0.494 e. The quantitative estimate of drug-likeness (QED) is 0.598. The maximum absolute atomic E-state index is 13.0. The molecule has 1 aliphatic heterocycles. The van der Waals surface area contributed by atoms with Crippen molar-refractivity contribution in [3.63, 3.8) is 0 Å². The van der Waals surface area contributed by atoms with Crippen LogP contribution in [0.15, 0.2) is 53.0 Å². The Bertz CT molecular complexity index is 758. The molecule has 1 fully saturated rings. The van der Waals surface area contributed by atoms with Crippen LogP contribution in [0, 0.1) is 5.82 Å². The lowest BCUT2D eigenvalue weighted by Crippen LogP contribution is -2.48. The zero-order chi connectivity index (χ0) is 19.8. The van der Waals surface area contributed by atoms with Gasteiger partial charge in [-0.25, -0.2) is 4.39 Å². The summed E-state index contributed by atoms with van der Waals surface area (Å²) >= 11 is 3.45. The van der Waals surface area contributed by atoms with Gasteiger partial charge >= 0.3 is 0 Å². The number of carbonyl (C=O) groups is 1. The summed E-state index contributed by atoms with van der Waals surface area (Å²) in [6.45, 7) is 2.32. The van der Waals surface area contributed by atoms with Crippen LogP contribution in [-0.2, 0) is 14.9 Å². The van der Waals surface area contributed by atoms with Crippen molar-refractivity contribution in [1.29, 1.82) is 0 Å². The number of halogens is 2. The van der Waals surface area contributed by atoms with Crippen LogP contribution in [0.4, 0.5) is 4.39 Å². The minimum Gasteiger partial charge on any atom is -0.494 e.